The minimum absolute atomic E-state index is 0.0447. The molecule has 0 radical (unpaired) electrons. The highest BCUT2D eigenvalue weighted by atomic mass is 35.5. The Labute approximate surface area is 126 Å². The molecule has 2 N–H and O–H groups in total. The summed E-state index contributed by atoms with van der Waals surface area (Å²) in [6, 6.07) is 5.83. The van der Waals surface area contributed by atoms with Crippen LogP contribution in [0.25, 0.3) is 0 Å². The average molecular weight is 314 g/mol. The zero-order valence-corrected chi connectivity index (χ0v) is 12.0. The summed E-state index contributed by atoms with van der Waals surface area (Å²) in [7, 11) is 0. The number of likely N-dealkylation sites (tertiary alicyclic amines) is 1. The first-order valence-corrected chi connectivity index (χ1v) is 6.94. The van der Waals surface area contributed by atoms with Gasteiger partial charge in [0.2, 0.25) is 5.91 Å². The number of aliphatic hydroxyl groups excluding tert-OH is 1. The Balaban J connectivity index is 1.85. The van der Waals surface area contributed by atoms with Crippen molar-refractivity contribution in [2.45, 2.75) is 25.0 Å². The third kappa shape index (κ3) is 4.09. The van der Waals surface area contributed by atoms with Gasteiger partial charge < -0.3 is 19.8 Å². The van der Waals surface area contributed by atoms with Gasteiger partial charge in [0, 0.05) is 18.0 Å². The van der Waals surface area contributed by atoms with Gasteiger partial charge in [-0.3, -0.25) is 4.79 Å². The van der Waals surface area contributed by atoms with Crippen LogP contribution >= 0.6 is 11.6 Å². The zero-order chi connectivity index (χ0) is 15.4. The van der Waals surface area contributed by atoms with E-state index in [1.54, 1.807) is 24.3 Å². The lowest BCUT2D eigenvalue weighted by Gasteiger charge is -2.21. The maximum Gasteiger partial charge on any atom is 0.326 e. The van der Waals surface area contributed by atoms with Crippen molar-refractivity contribution in [1.29, 1.82) is 0 Å². The van der Waals surface area contributed by atoms with E-state index < -0.39 is 18.1 Å². The average Bonchev–Trinajstić information content (AvgIpc) is 2.81. The summed E-state index contributed by atoms with van der Waals surface area (Å²) < 4.78 is 5.40. The van der Waals surface area contributed by atoms with Gasteiger partial charge >= 0.3 is 5.97 Å². The number of carbonyl (C=O) groups is 2. The number of aliphatic hydroxyl groups is 1. The van der Waals surface area contributed by atoms with Crippen molar-refractivity contribution in [3.63, 3.8) is 0 Å². The molecule has 1 fully saturated rings. The van der Waals surface area contributed by atoms with Crippen LogP contribution in [0.5, 0.6) is 5.75 Å². The Kier molecular flexibility index (Phi) is 5.03. The van der Waals surface area contributed by atoms with Crippen LogP contribution in [0.2, 0.25) is 5.02 Å². The SMILES string of the molecule is O=C(O)C1CC(O)CN1C(=O)CCOc1cccc(Cl)c1. The van der Waals surface area contributed by atoms with E-state index in [4.69, 9.17) is 21.4 Å². The number of hydrogen-bond donors (Lipinski definition) is 2. The fourth-order valence-corrected chi connectivity index (χ4v) is 2.46. The van der Waals surface area contributed by atoms with Crippen molar-refractivity contribution in [3.8, 4) is 5.75 Å². The highest BCUT2D eigenvalue weighted by Crippen LogP contribution is 2.20. The number of ether oxygens (including phenoxy) is 1. The van der Waals surface area contributed by atoms with E-state index in [0.717, 1.165) is 0 Å². The minimum atomic E-state index is -1.10. The Morgan fingerprint density at radius 1 is 1.43 bits per heavy atom. The van der Waals surface area contributed by atoms with E-state index >= 15 is 0 Å². The van der Waals surface area contributed by atoms with Gasteiger partial charge in [-0.15, -0.1) is 0 Å². The third-order valence-corrected chi connectivity index (χ3v) is 3.50. The van der Waals surface area contributed by atoms with Gasteiger partial charge in [-0.05, 0) is 18.2 Å². The number of nitrogens with zero attached hydrogens (tertiary/aromatic N) is 1. The van der Waals surface area contributed by atoms with E-state index in [-0.39, 0.29) is 31.9 Å². The van der Waals surface area contributed by atoms with E-state index in [1.807, 2.05) is 0 Å². The predicted octanol–water partition coefficient (Wildman–Crippen LogP) is 1.16. The maximum atomic E-state index is 12.0. The number of halogens is 1. The molecule has 1 saturated heterocycles. The normalized spacial score (nSPS) is 21.3. The van der Waals surface area contributed by atoms with Gasteiger partial charge in [0.25, 0.3) is 0 Å². The summed E-state index contributed by atoms with van der Waals surface area (Å²) in [5, 5.41) is 19.1. The van der Waals surface area contributed by atoms with Crippen LogP contribution in [0.4, 0.5) is 0 Å². The van der Waals surface area contributed by atoms with E-state index in [2.05, 4.69) is 0 Å². The molecule has 1 heterocycles. The van der Waals surface area contributed by atoms with Gasteiger partial charge in [0.1, 0.15) is 11.8 Å². The molecule has 6 nitrogen and oxygen atoms in total. The van der Waals surface area contributed by atoms with Crippen molar-refractivity contribution in [2.75, 3.05) is 13.2 Å². The van der Waals surface area contributed by atoms with E-state index in [0.29, 0.717) is 10.8 Å². The molecule has 1 amide bonds. The lowest BCUT2D eigenvalue weighted by atomic mass is 10.2. The summed E-state index contributed by atoms with van der Waals surface area (Å²) in [6.07, 6.45) is -0.678. The molecule has 1 aromatic rings. The number of amides is 1. The van der Waals surface area contributed by atoms with Crippen LogP contribution in [0, 0.1) is 0 Å². The maximum absolute atomic E-state index is 12.0. The minimum Gasteiger partial charge on any atom is -0.493 e. The van der Waals surface area contributed by atoms with Crippen molar-refractivity contribution in [2.24, 2.45) is 0 Å². The second-order valence-electron chi connectivity index (χ2n) is 4.85. The quantitative estimate of drug-likeness (QED) is 0.851. The molecule has 0 aromatic heterocycles. The van der Waals surface area contributed by atoms with Gasteiger partial charge in [-0.25, -0.2) is 4.79 Å². The molecule has 1 aromatic carbocycles. The Morgan fingerprint density at radius 3 is 2.86 bits per heavy atom. The molecule has 1 aliphatic heterocycles. The third-order valence-electron chi connectivity index (χ3n) is 3.27. The van der Waals surface area contributed by atoms with Crippen LogP contribution in [0.15, 0.2) is 24.3 Å². The fraction of sp³-hybridized carbons (Fsp3) is 0.429. The fourth-order valence-electron chi connectivity index (χ4n) is 2.28. The highest BCUT2D eigenvalue weighted by molar-refractivity contribution is 6.30. The van der Waals surface area contributed by atoms with E-state index in [1.165, 1.54) is 4.90 Å². The van der Waals surface area contributed by atoms with Crippen molar-refractivity contribution in [3.05, 3.63) is 29.3 Å². The summed E-state index contributed by atoms with van der Waals surface area (Å²) in [5.41, 5.74) is 0. The van der Waals surface area contributed by atoms with Gasteiger partial charge in [-0.2, -0.15) is 0 Å². The van der Waals surface area contributed by atoms with Crippen LogP contribution < -0.4 is 4.74 Å². The second-order valence-corrected chi connectivity index (χ2v) is 5.28. The number of carbonyl (C=O) groups excluding carboxylic acids is 1. The molecule has 2 atom stereocenters. The first-order valence-electron chi connectivity index (χ1n) is 6.56. The van der Waals surface area contributed by atoms with Crippen LogP contribution in [-0.2, 0) is 9.59 Å². The van der Waals surface area contributed by atoms with Crippen LogP contribution in [0.3, 0.4) is 0 Å². The first kappa shape index (κ1) is 15.6. The standard InChI is InChI=1S/C14H16ClNO5/c15-9-2-1-3-11(6-9)21-5-4-13(18)16-8-10(17)7-12(16)14(19)20/h1-3,6,10,12,17H,4-5,7-8H2,(H,19,20). The second kappa shape index (κ2) is 6.78. The number of hydrogen-bond acceptors (Lipinski definition) is 4. The van der Waals surface area contributed by atoms with Crippen molar-refractivity contribution >= 4 is 23.5 Å². The Bertz CT molecular complexity index is 536. The predicted molar refractivity (Wildman–Crippen MR) is 75.3 cm³/mol. The molecule has 0 aliphatic carbocycles. The number of benzene rings is 1. The monoisotopic (exact) mass is 313 g/mol. The summed E-state index contributed by atoms with van der Waals surface area (Å²) in [5.74, 6) is -0.900. The lowest BCUT2D eigenvalue weighted by Crippen LogP contribution is -2.41. The number of β-amino-alcohol motifs (C(OH)–C–C–N with tert-alkyl or cyclic N) is 1. The molecule has 0 bridgehead atoms. The number of carboxylic acids is 1. The molecule has 1 aliphatic rings. The largest absolute Gasteiger partial charge is 0.493 e. The smallest absolute Gasteiger partial charge is 0.326 e. The summed E-state index contributed by atoms with van der Waals surface area (Å²) >= 11 is 5.81. The molecular weight excluding hydrogens is 298 g/mol. The molecule has 7 heteroatoms. The molecule has 2 unspecified atom stereocenters. The summed E-state index contributed by atoms with van der Waals surface area (Å²) in [4.78, 5) is 24.2. The number of rotatable bonds is 5. The molecular formula is C14H16ClNO5. The highest BCUT2D eigenvalue weighted by Gasteiger charge is 2.38. The zero-order valence-electron chi connectivity index (χ0n) is 11.2. The molecule has 114 valence electrons. The van der Waals surface area contributed by atoms with Crippen molar-refractivity contribution in [1.82, 2.24) is 4.90 Å². The van der Waals surface area contributed by atoms with E-state index in [9.17, 15) is 14.7 Å². The number of carboxylic acid groups (broad SMARTS) is 1. The molecule has 0 spiro atoms. The van der Waals surface area contributed by atoms with Crippen molar-refractivity contribution < 1.29 is 24.5 Å². The molecule has 2 rings (SSSR count). The lowest BCUT2D eigenvalue weighted by molar-refractivity contribution is -0.148. The topological polar surface area (TPSA) is 87.1 Å². The van der Waals surface area contributed by atoms with Gasteiger partial charge in [0.05, 0.1) is 19.1 Å². The Morgan fingerprint density at radius 2 is 2.19 bits per heavy atom. The molecule has 21 heavy (non-hydrogen) atoms. The van der Waals surface area contributed by atoms with Gasteiger partial charge in [0.15, 0.2) is 0 Å². The Hall–Kier alpha value is -1.79. The van der Waals surface area contributed by atoms with Gasteiger partial charge in [-0.1, -0.05) is 17.7 Å². The first-order chi connectivity index (χ1) is 9.97. The van der Waals surface area contributed by atoms with Crippen LogP contribution in [0.1, 0.15) is 12.8 Å². The van der Waals surface area contributed by atoms with Crippen LogP contribution in [-0.4, -0.2) is 52.3 Å². The summed E-state index contributed by atoms with van der Waals surface area (Å²) in [6.45, 7) is 0.172. The number of aliphatic carboxylic acids is 1. The molecule has 0 saturated carbocycles.